The number of hydrogen-bond donors (Lipinski definition) is 1. The number of piperidine rings is 1. The number of rotatable bonds is 5. The second kappa shape index (κ2) is 7.68. The van der Waals surface area contributed by atoms with Crippen LogP contribution in [0, 0.1) is 17.6 Å². The average Bonchev–Trinajstić information content (AvgIpc) is 3.11. The average molecular weight is 380 g/mol. The molecule has 27 heavy (non-hydrogen) atoms. The molecular weight excluding hydrogens is 362 g/mol. The van der Waals surface area contributed by atoms with E-state index >= 15 is 0 Å². The van der Waals surface area contributed by atoms with Crippen LogP contribution in [0.1, 0.15) is 33.7 Å². The largest absolute Gasteiger partial charge is 0.491 e. The Morgan fingerprint density at radius 2 is 2.15 bits per heavy atom. The minimum atomic E-state index is -1.16. The number of carboxylic acids is 1. The predicted molar refractivity (Wildman–Crippen MR) is 88.5 cm³/mol. The van der Waals surface area contributed by atoms with Gasteiger partial charge in [0.1, 0.15) is 0 Å². The van der Waals surface area contributed by atoms with Crippen LogP contribution in [0.15, 0.2) is 18.3 Å². The Bertz CT molecular complexity index is 871. The lowest BCUT2D eigenvalue weighted by Gasteiger charge is -2.32. The topological polar surface area (TPSA) is 97.5 Å². The maximum Gasteiger partial charge on any atom is 0.358 e. The van der Waals surface area contributed by atoms with Gasteiger partial charge in [-0.15, -0.1) is 5.10 Å². The Morgan fingerprint density at radius 1 is 1.37 bits per heavy atom. The molecule has 3 rings (SSSR count). The predicted octanol–water partition coefficient (Wildman–Crippen LogP) is 1.82. The van der Waals surface area contributed by atoms with Crippen molar-refractivity contribution in [3.05, 3.63) is 41.2 Å². The highest BCUT2D eigenvalue weighted by Gasteiger charge is 2.28. The number of hydrogen-bond acceptors (Lipinski definition) is 5. The molecule has 0 aliphatic carbocycles. The first-order valence-corrected chi connectivity index (χ1v) is 8.35. The van der Waals surface area contributed by atoms with E-state index in [4.69, 9.17) is 5.11 Å². The van der Waals surface area contributed by atoms with E-state index in [9.17, 15) is 18.4 Å². The van der Waals surface area contributed by atoms with E-state index in [0.29, 0.717) is 26.1 Å². The summed E-state index contributed by atoms with van der Waals surface area (Å²) in [5.41, 5.74) is -0.401. The summed E-state index contributed by atoms with van der Waals surface area (Å²) in [7, 11) is 1.14. The Morgan fingerprint density at radius 3 is 2.81 bits per heavy atom. The summed E-state index contributed by atoms with van der Waals surface area (Å²) in [4.78, 5) is 25.1. The first kappa shape index (κ1) is 18.7. The van der Waals surface area contributed by atoms with Gasteiger partial charge in [-0.3, -0.25) is 9.48 Å². The van der Waals surface area contributed by atoms with Crippen molar-refractivity contribution in [2.75, 3.05) is 20.2 Å². The highest BCUT2D eigenvalue weighted by molar-refractivity contribution is 5.95. The summed E-state index contributed by atoms with van der Waals surface area (Å²) in [6, 6.07) is 2.11. The van der Waals surface area contributed by atoms with Crippen molar-refractivity contribution in [3.8, 4) is 5.75 Å². The zero-order valence-electron chi connectivity index (χ0n) is 14.6. The lowest BCUT2D eigenvalue weighted by atomic mass is 9.97. The molecule has 1 aromatic carbocycles. The molecule has 10 heteroatoms. The third-order valence-corrected chi connectivity index (χ3v) is 4.49. The normalized spacial score (nSPS) is 17.0. The molecule has 0 radical (unpaired) electrons. The molecule has 2 aromatic rings. The van der Waals surface area contributed by atoms with Crippen LogP contribution in [0.3, 0.4) is 0 Å². The van der Waals surface area contributed by atoms with Crippen molar-refractivity contribution in [1.29, 1.82) is 0 Å². The van der Waals surface area contributed by atoms with E-state index in [2.05, 4.69) is 15.0 Å². The van der Waals surface area contributed by atoms with Crippen LogP contribution in [0.25, 0.3) is 0 Å². The molecule has 0 unspecified atom stereocenters. The minimum absolute atomic E-state index is 0.0106. The number of likely N-dealkylation sites (tertiary alicyclic amines) is 1. The van der Waals surface area contributed by atoms with Gasteiger partial charge in [0.25, 0.3) is 5.91 Å². The summed E-state index contributed by atoms with van der Waals surface area (Å²) in [6.45, 7) is 1.19. The summed E-state index contributed by atoms with van der Waals surface area (Å²) in [5.74, 6) is -4.17. The number of carbonyl (C=O) groups excluding carboxylic acids is 1. The standard InChI is InChI=1S/C17H18F2N4O4/c1-27-15-12(18)5-4-11(14(15)19)16(24)22-6-2-3-10(7-22)8-23-9-13(17(25)26)20-21-23/h4-5,9-10H,2-3,6-8H2,1H3,(H,25,26)/t10-/m1/s1. The molecule has 1 N–H and O–H groups in total. The van der Waals surface area contributed by atoms with Crippen LogP contribution in [-0.4, -0.2) is 57.1 Å². The van der Waals surface area contributed by atoms with Crippen molar-refractivity contribution in [1.82, 2.24) is 19.9 Å². The lowest BCUT2D eigenvalue weighted by molar-refractivity contribution is 0.0652. The molecular formula is C17H18F2N4O4. The number of methoxy groups -OCH3 is 1. The van der Waals surface area contributed by atoms with E-state index in [1.807, 2.05) is 0 Å². The molecule has 2 heterocycles. The van der Waals surface area contributed by atoms with Gasteiger partial charge < -0.3 is 14.7 Å². The highest BCUT2D eigenvalue weighted by atomic mass is 19.1. The Balaban J connectivity index is 1.72. The number of nitrogens with zero attached hydrogens (tertiary/aromatic N) is 4. The summed E-state index contributed by atoms with van der Waals surface area (Å²) in [6.07, 6.45) is 2.84. The fourth-order valence-electron chi connectivity index (χ4n) is 3.20. The first-order chi connectivity index (χ1) is 12.9. The number of ether oxygens (including phenoxy) is 1. The molecule has 8 nitrogen and oxygen atoms in total. The van der Waals surface area contributed by atoms with Gasteiger partial charge in [0, 0.05) is 19.6 Å². The monoisotopic (exact) mass is 380 g/mol. The zero-order valence-corrected chi connectivity index (χ0v) is 14.6. The van der Waals surface area contributed by atoms with Crippen molar-refractivity contribution in [2.45, 2.75) is 19.4 Å². The van der Waals surface area contributed by atoms with Gasteiger partial charge in [-0.1, -0.05) is 5.21 Å². The van der Waals surface area contributed by atoms with Gasteiger partial charge in [0.15, 0.2) is 23.1 Å². The number of carboxylic acid groups (broad SMARTS) is 1. The van der Waals surface area contributed by atoms with E-state index in [1.54, 1.807) is 0 Å². The number of aromatic nitrogens is 3. The van der Waals surface area contributed by atoms with Crippen LogP contribution in [0.4, 0.5) is 8.78 Å². The molecule has 1 atom stereocenters. The second-order valence-electron chi connectivity index (χ2n) is 6.33. The SMILES string of the molecule is COc1c(F)ccc(C(=O)N2CCC[C@@H](Cn3cc(C(=O)O)nn3)C2)c1F. The van der Waals surface area contributed by atoms with Gasteiger partial charge in [-0.2, -0.15) is 0 Å². The van der Waals surface area contributed by atoms with E-state index in [1.165, 1.54) is 15.8 Å². The number of carbonyl (C=O) groups is 2. The number of amides is 1. The van der Waals surface area contributed by atoms with E-state index in [0.717, 1.165) is 25.7 Å². The third-order valence-electron chi connectivity index (χ3n) is 4.49. The zero-order chi connectivity index (χ0) is 19.6. The van der Waals surface area contributed by atoms with E-state index in [-0.39, 0.29) is 17.2 Å². The van der Waals surface area contributed by atoms with Crippen LogP contribution in [-0.2, 0) is 6.54 Å². The van der Waals surface area contributed by atoms with Crippen LogP contribution >= 0.6 is 0 Å². The third kappa shape index (κ3) is 3.88. The lowest BCUT2D eigenvalue weighted by Crippen LogP contribution is -2.41. The molecule has 0 spiro atoms. The first-order valence-electron chi connectivity index (χ1n) is 8.35. The molecule has 1 saturated heterocycles. The van der Waals surface area contributed by atoms with Crippen LogP contribution in [0.2, 0.25) is 0 Å². The van der Waals surface area contributed by atoms with Crippen molar-refractivity contribution < 1.29 is 28.2 Å². The fourth-order valence-corrected chi connectivity index (χ4v) is 3.20. The molecule has 0 bridgehead atoms. The summed E-state index contributed by atoms with van der Waals surface area (Å²) < 4.78 is 34.0. The molecule has 0 saturated carbocycles. The van der Waals surface area contributed by atoms with Gasteiger partial charge >= 0.3 is 5.97 Å². The Kier molecular flexibility index (Phi) is 5.33. The van der Waals surface area contributed by atoms with Crippen molar-refractivity contribution in [2.24, 2.45) is 5.92 Å². The molecule has 1 aromatic heterocycles. The Labute approximate surface area is 153 Å². The van der Waals surface area contributed by atoms with Gasteiger partial charge in [-0.25, -0.2) is 13.6 Å². The van der Waals surface area contributed by atoms with Gasteiger partial charge in [-0.05, 0) is 30.9 Å². The molecule has 1 aliphatic rings. The smallest absolute Gasteiger partial charge is 0.358 e. The minimum Gasteiger partial charge on any atom is -0.491 e. The molecule has 144 valence electrons. The second-order valence-corrected chi connectivity index (χ2v) is 6.33. The number of halogens is 2. The molecule has 1 fully saturated rings. The van der Waals surface area contributed by atoms with Crippen molar-refractivity contribution in [3.63, 3.8) is 0 Å². The number of aromatic carboxylic acids is 1. The van der Waals surface area contributed by atoms with Crippen LogP contribution in [0.5, 0.6) is 5.75 Å². The van der Waals surface area contributed by atoms with Crippen LogP contribution < -0.4 is 4.74 Å². The fraction of sp³-hybridized carbons (Fsp3) is 0.412. The summed E-state index contributed by atoms with van der Waals surface area (Å²) >= 11 is 0. The van der Waals surface area contributed by atoms with Gasteiger partial charge in [0.2, 0.25) is 0 Å². The number of benzene rings is 1. The maximum atomic E-state index is 14.4. The van der Waals surface area contributed by atoms with E-state index < -0.39 is 29.3 Å². The summed E-state index contributed by atoms with van der Waals surface area (Å²) in [5, 5.41) is 16.2. The quantitative estimate of drug-likeness (QED) is 0.850. The van der Waals surface area contributed by atoms with Gasteiger partial charge in [0.05, 0.1) is 18.9 Å². The highest BCUT2D eigenvalue weighted by Crippen LogP contribution is 2.27. The van der Waals surface area contributed by atoms with Crippen molar-refractivity contribution >= 4 is 11.9 Å². The Hall–Kier alpha value is -3.04. The molecule has 1 aliphatic heterocycles. The molecule has 1 amide bonds. The maximum absolute atomic E-state index is 14.4.